The van der Waals surface area contributed by atoms with Crippen molar-refractivity contribution in [3.8, 4) is 0 Å². The van der Waals surface area contributed by atoms with Crippen LogP contribution < -0.4 is 15.5 Å². The molecule has 3 aromatic rings. The minimum absolute atomic E-state index is 0.212. The average molecular weight is 393 g/mol. The number of benzene rings is 2. The summed E-state index contributed by atoms with van der Waals surface area (Å²) >= 11 is 0. The van der Waals surface area contributed by atoms with Gasteiger partial charge in [0.1, 0.15) is 23.7 Å². The van der Waals surface area contributed by atoms with E-state index in [2.05, 4.69) is 51.5 Å². The first kappa shape index (κ1) is 20.3. The van der Waals surface area contributed by atoms with E-state index in [9.17, 15) is 9.18 Å². The summed E-state index contributed by atoms with van der Waals surface area (Å²) in [5, 5.41) is 5.93. The summed E-state index contributed by atoms with van der Waals surface area (Å²) in [6.07, 6.45) is 1.33. The number of aryl methyl sites for hydroxylation is 1. The fourth-order valence-corrected chi connectivity index (χ4v) is 2.99. The van der Waals surface area contributed by atoms with Crippen LogP contribution in [0.25, 0.3) is 0 Å². The zero-order chi connectivity index (χ0) is 20.8. The van der Waals surface area contributed by atoms with Crippen LogP contribution in [0.3, 0.4) is 0 Å². The van der Waals surface area contributed by atoms with Crippen molar-refractivity contribution in [3.05, 3.63) is 71.9 Å². The maximum absolute atomic E-state index is 13.0. The quantitative estimate of drug-likeness (QED) is 0.605. The molecular weight excluding hydrogens is 369 g/mol. The van der Waals surface area contributed by atoms with Gasteiger partial charge in [0.2, 0.25) is 0 Å². The van der Waals surface area contributed by atoms with E-state index < -0.39 is 5.91 Å². The van der Waals surface area contributed by atoms with Gasteiger partial charge in [0.05, 0.1) is 0 Å². The highest BCUT2D eigenvalue weighted by atomic mass is 19.1. The number of nitrogens with zero attached hydrogens (tertiary/aromatic N) is 3. The van der Waals surface area contributed by atoms with Crippen LogP contribution in [0.1, 0.15) is 29.9 Å². The van der Waals surface area contributed by atoms with Crippen LogP contribution in [0.15, 0.2) is 54.9 Å². The van der Waals surface area contributed by atoms with Gasteiger partial charge >= 0.3 is 0 Å². The highest BCUT2D eigenvalue weighted by Gasteiger charge is 2.11. The number of carbonyl (C=O) groups excluding carboxylic acids is 1. The van der Waals surface area contributed by atoms with Gasteiger partial charge in [-0.15, -0.1) is 0 Å². The number of halogens is 1. The first-order valence-corrected chi connectivity index (χ1v) is 9.51. The number of nitrogens with one attached hydrogen (secondary N) is 2. The molecule has 0 aliphatic carbocycles. The van der Waals surface area contributed by atoms with E-state index in [0.29, 0.717) is 11.5 Å². The van der Waals surface area contributed by atoms with E-state index in [-0.39, 0.29) is 11.5 Å². The maximum atomic E-state index is 13.0. The lowest BCUT2D eigenvalue weighted by molar-refractivity contribution is 0.102. The van der Waals surface area contributed by atoms with Crippen molar-refractivity contribution in [1.29, 1.82) is 0 Å². The predicted molar refractivity (Wildman–Crippen MR) is 114 cm³/mol. The van der Waals surface area contributed by atoms with Crippen LogP contribution >= 0.6 is 0 Å². The standard InChI is InChI=1S/C22H24FN5O/c1-4-28(5-2)18-10-11-19(15(3)12-18)27-21-13-20(24-14-25-21)22(29)26-17-8-6-16(23)7-9-17/h6-14H,4-5H2,1-3H3,(H,26,29)(H,24,25,27). The molecule has 6 nitrogen and oxygen atoms in total. The van der Waals surface area contributed by atoms with Gasteiger partial charge < -0.3 is 15.5 Å². The molecule has 0 aliphatic rings. The zero-order valence-corrected chi connectivity index (χ0v) is 16.7. The predicted octanol–water partition coefficient (Wildman–Crippen LogP) is 4.77. The lowest BCUT2D eigenvalue weighted by Gasteiger charge is -2.22. The molecule has 29 heavy (non-hydrogen) atoms. The van der Waals surface area contributed by atoms with Crippen molar-refractivity contribution in [3.63, 3.8) is 0 Å². The molecule has 0 fully saturated rings. The topological polar surface area (TPSA) is 70.2 Å². The smallest absolute Gasteiger partial charge is 0.274 e. The van der Waals surface area contributed by atoms with E-state index in [4.69, 9.17) is 0 Å². The van der Waals surface area contributed by atoms with Crippen LogP contribution in [-0.2, 0) is 0 Å². The second-order valence-electron chi connectivity index (χ2n) is 6.55. The molecule has 2 N–H and O–H groups in total. The highest BCUT2D eigenvalue weighted by molar-refractivity contribution is 6.03. The Kier molecular flexibility index (Phi) is 6.39. The number of anilines is 4. The van der Waals surface area contributed by atoms with Gasteiger partial charge in [-0.3, -0.25) is 4.79 Å². The molecule has 0 unspecified atom stereocenters. The lowest BCUT2D eigenvalue weighted by atomic mass is 10.1. The van der Waals surface area contributed by atoms with Gasteiger partial charge in [0.15, 0.2) is 0 Å². The monoisotopic (exact) mass is 393 g/mol. The summed E-state index contributed by atoms with van der Waals surface area (Å²) < 4.78 is 13.0. The fourth-order valence-electron chi connectivity index (χ4n) is 2.99. The third-order valence-corrected chi connectivity index (χ3v) is 4.60. The molecule has 0 aliphatic heterocycles. The van der Waals surface area contributed by atoms with Crippen molar-refractivity contribution in [2.24, 2.45) is 0 Å². The van der Waals surface area contributed by atoms with Crippen LogP contribution in [0.5, 0.6) is 0 Å². The fraction of sp³-hybridized carbons (Fsp3) is 0.227. The van der Waals surface area contributed by atoms with Crippen LogP contribution in [0, 0.1) is 12.7 Å². The van der Waals surface area contributed by atoms with E-state index in [1.54, 1.807) is 6.07 Å². The third-order valence-electron chi connectivity index (χ3n) is 4.60. The molecule has 1 amide bonds. The Balaban J connectivity index is 1.74. The van der Waals surface area contributed by atoms with E-state index in [1.807, 2.05) is 13.0 Å². The van der Waals surface area contributed by atoms with Gasteiger partial charge in [-0.05, 0) is 68.8 Å². The van der Waals surface area contributed by atoms with Crippen molar-refractivity contribution < 1.29 is 9.18 Å². The average Bonchev–Trinajstić information content (AvgIpc) is 2.73. The molecule has 0 radical (unpaired) electrons. The largest absolute Gasteiger partial charge is 0.372 e. The van der Waals surface area contributed by atoms with Gasteiger partial charge in [-0.1, -0.05) is 0 Å². The Hall–Kier alpha value is -3.48. The first-order valence-electron chi connectivity index (χ1n) is 9.51. The van der Waals surface area contributed by atoms with Crippen LogP contribution in [-0.4, -0.2) is 29.0 Å². The molecule has 0 bridgehead atoms. The number of aromatic nitrogens is 2. The Morgan fingerprint density at radius 1 is 1.03 bits per heavy atom. The third kappa shape index (κ3) is 5.07. The molecule has 1 heterocycles. The number of hydrogen-bond donors (Lipinski definition) is 2. The molecule has 1 aromatic heterocycles. The van der Waals surface area contributed by atoms with Gasteiger partial charge in [-0.2, -0.15) is 0 Å². The molecule has 0 spiro atoms. The van der Waals surface area contributed by atoms with Crippen molar-refractivity contribution in [2.75, 3.05) is 28.6 Å². The normalized spacial score (nSPS) is 10.5. The molecule has 0 saturated carbocycles. The lowest BCUT2D eigenvalue weighted by Crippen LogP contribution is -2.21. The van der Waals surface area contributed by atoms with E-state index in [0.717, 1.165) is 24.3 Å². The number of carbonyl (C=O) groups is 1. The summed E-state index contributed by atoms with van der Waals surface area (Å²) in [4.78, 5) is 22.9. The molecule has 150 valence electrons. The molecule has 7 heteroatoms. The summed E-state index contributed by atoms with van der Waals surface area (Å²) in [6, 6.07) is 13.3. The first-order chi connectivity index (χ1) is 14.0. The number of hydrogen-bond acceptors (Lipinski definition) is 5. The number of amides is 1. The Labute approximate surface area is 169 Å². The zero-order valence-electron chi connectivity index (χ0n) is 16.7. The molecular formula is C22H24FN5O. The maximum Gasteiger partial charge on any atom is 0.274 e. The summed E-state index contributed by atoms with van der Waals surface area (Å²) in [6.45, 7) is 8.18. The molecule has 0 atom stereocenters. The summed E-state index contributed by atoms with van der Waals surface area (Å²) in [7, 11) is 0. The van der Waals surface area contributed by atoms with Crippen molar-refractivity contribution >= 4 is 28.8 Å². The van der Waals surface area contributed by atoms with Gasteiger partial charge in [0, 0.05) is 36.2 Å². The summed E-state index contributed by atoms with van der Waals surface area (Å²) in [5.41, 5.74) is 3.85. The Morgan fingerprint density at radius 3 is 2.41 bits per heavy atom. The molecule has 3 rings (SSSR count). The Bertz CT molecular complexity index is 987. The van der Waals surface area contributed by atoms with Crippen LogP contribution in [0.2, 0.25) is 0 Å². The summed E-state index contributed by atoms with van der Waals surface area (Å²) in [5.74, 6) is -0.238. The molecule has 2 aromatic carbocycles. The Morgan fingerprint density at radius 2 is 1.76 bits per heavy atom. The van der Waals surface area contributed by atoms with Gasteiger partial charge in [-0.25, -0.2) is 14.4 Å². The minimum Gasteiger partial charge on any atom is -0.372 e. The second kappa shape index (κ2) is 9.14. The van der Waals surface area contributed by atoms with Crippen molar-refractivity contribution in [2.45, 2.75) is 20.8 Å². The second-order valence-corrected chi connectivity index (χ2v) is 6.55. The SMILES string of the molecule is CCN(CC)c1ccc(Nc2cc(C(=O)Nc3ccc(F)cc3)ncn2)c(C)c1. The molecule has 0 saturated heterocycles. The van der Waals surface area contributed by atoms with E-state index in [1.165, 1.54) is 36.3 Å². The highest BCUT2D eigenvalue weighted by Crippen LogP contribution is 2.25. The van der Waals surface area contributed by atoms with Crippen molar-refractivity contribution in [1.82, 2.24) is 9.97 Å². The minimum atomic E-state index is -0.393. The van der Waals surface area contributed by atoms with Crippen LogP contribution in [0.4, 0.5) is 27.3 Å². The number of rotatable bonds is 7. The van der Waals surface area contributed by atoms with Gasteiger partial charge in [0.25, 0.3) is 5.91 Å². The van der Waals surface area contributed by atoms with E-state index >= 15 is 0 Å².